The molecule has 1 N–H and O–H groups in total. The number of fused-ring (bicyclic) bond motifs is 2. The van der Waals surface area contributed by atoms with E-state index in [9.17, 15) is 4.79 Å². The first kappa shape index (κ1) is 19.9. The van der Waals surface area contributed by atoms with Crippen molar-refractivity contribution in [3.8, 4) is 5.82 Å². The van der Waals surface area contributed by atoms with E-state index in [1.54, 1.807) is 23.1 Å². The van der Waals surface area contributed by atoms with Gasteiger partial charge in [0.15, 0.2) is 11.5 Å². The molecule has 0 spiro atoms. The monoisotopic (exact) mass is 457 g/mol. The zero-order valence-corrected chi connectivity index (χ0v) is 18.6. The predicted octanol–water partition coefficient (Wildman–Crippen LogP) is 4.23. The molecule has 1 saturated carbocycles. The number of rotatable bonds is 5. The molecule has 33 heavy (non-hydrogen) atoms. The van der Waals surface area contributed by atoms with Crippen LogP contribution in [0.4, 0.5) is 0 Å². The molecule has 1 fully saturated rings. The van der Waals surface area contributed by atoms with Gasteiger partial charge in [0.2, 0.25) is 0 Å². The molecule has 6 rings (SSSR count). The highest BCUT2D eigenvalue weighted by atomic mass is 35.5. The summed E-state index contributed by atoms with van der Waals surface area (Å²) in [4.78, 5) is 27.2. The molecule has 5 aromatic heterocycles. The Balaban J connectivity index is 1.37. The lowest BCUT2D eigenvalue weighted by atomic mass is 10.1. The van der Waals surface area contributed by atoms with Gasteiger partial charge in [-0.2, -0.15) is 9.78 Å². The number of nitrogens with one attached hydrogen (secondary N) is 1. The highest BCUT2D eigenvalue weighted by molar-refractivity contribution is 6.30. The van der Waals surface area contributed by atoms with Crippen LogP contribution >= 0.6 is 11.6 Å². The molecular weight excluding hydrogens is 438 g/mol. The molecule has 0 radical (unpaired) electrons. The number of hydrogen-bond donors (Lipinski definition) is 1. The van der Waals surface area contributed by atoms with Crippen molar-refractivity contribution >= 4 is 34.2 Å². The minimum Gasteiger partial charge on any atom is -0.346 e. The summed E-state index contributed by atoms with van der Waals surface area (Å²) in [7, 11) is 0. The van der Waals surface area contributed by atoms with Gasteiger partial charge in [0.25, 0.3) is 5.91 Å². The van der Waals surface area contributed by atoms with Crippen LogP contribution in [0.1, 0.15) is 46.2 Å². The van der Waals surface area contributed by atoms with Gasteiger partial charge in [-0.25, -0.2) is 15.0 Å². The maximum atomic E-state index is 13.3. The van der Waals surface area contributed by atoms with Crippen molar-refractivity contribution in [1.82, 2.24) is 34.4 Å². The summed E-state index contributed by atoms with van der Waals surface area (Å²) in [6.07, 6.45) is 7.54. The molecule has 0 bridgehead atoms. The Bertz CT molecular complexity index is 1520. The number of aromatic nitrogens is 6. The molecule has 1 amide bonds. The molecule has 5 aromatic rings. The second-order valence-corrected chi connectivity index (χ2v) is 8.72. The van der Waals surface area contributed by atoms with Crippen LogP contribution in [0.25, 0.3) is 22.5 Å². The highest BCUT2D eigenvalue weighted by Crippen LogP contribution is 2.40. The fourth-order valence-electron chi connectivity index (χ4n) is 4.08. The summed E-state index contributed by atoms with van der Waals surface area (Å²) in [5, 5.41) is 9.05. The van der Waals surface area contributed by atoms with E-state index < -0.39 is 0 Å². The molecule has 9 heteroatoms. The molecule has 1 aliphatic carbocycles. The van der Waals surface area contributed by atoms with Crippen LogP contribution in [0.15, 0.2) is 55.0 Å². The molecule has 8 nitrogen and oxygen atoms in total. The Morgan fingerprint density at radius 2 is 2.06 bits per heavy atom. The van der Waals surface area contributed by atoms with E-state index >= 15 is 0 Å². The SMILES string of the molecule is Cc1nn(-c2ccccn2)c2nc(C3CC3)cc(C(=O)NCc3cn4cc(Cl)ccc4n3)c12. The molecule has 0 saturated heterocycles. The van der Waals surface area contributed by atoms with Crippen LogP contribution in [0.3, 0.4) is 0 Å². The van der Waals surface area contributed by atoms with Crippen LogP contribution in [-0.4, -0.2) is 35.0 Å². The van der Waals surface area contributed by atoms with E-state index in [2.05, 4.69) is 20.4 Å². The number of amides is 1. The van der Waals surface area contributed by atoms with Gasteiger partial charge in [-0.15, -0.1) is 0 Å². The zero-order valence-electron chi connectivity index (χ0n) is 17.9. The number of carbonyl (C=O) groups excluding carboxylic acids is 1. The van der Waals surface area contributed by atoms with Crippen molar-refractivity contribution in [3.05, 3.63) is 82.7 Å². The number of nitrogens with zero attached hydrogens (tertiary/aromatic N) is 6. The van der Waals surface area contributed by atoms with Gasteiger partial charge < -0.3 is 9.72 Å². The van der Waals surface area contributed by atoms with Gasteiger partial charge >= 0.3 is 0 Å². The lowest BCUT2D eigenvalue weighted by Crippen LogP contribution is -2.23. The molecule has 164 valence electrons. The van der Waals surface area contributed by atoms with Gasteiger partial charge in [-0.1, -0.05) is 17.7 Å². The first-order chi connectivity index (χ1) is 16.1. The second kappa shape index (κ2) is 7.67. The van der Waals surface area contributed by atoms with Crippen molar-refractivity contribution in [2.75, 3.05) is 0 Å². The first-order valence-corrected chi connectivity index (χ1v) is 11.2. The van der Waals surface area contributed by atoms with Gasteiger partial charge in [0, 0.05) is 30.2 Å². The summed E-state index contributed by atoms with van der Waals surface area (Å²) in [5.74, 6) is 0.880. The summed E-state index contributed by atoms with van der Waals surface area (Å²) >= 11 is 6.06. The minimum atomic E-state index is -0.178. The van der Waals surface area contributed by atoms with E-state index in [-0.39, 0.29) is 5.91 Å². The quantitative estimate of drug-likeness (QED) is 0.426. The smallest absolute Gasteiger partial charge is 0.252 e. The van der Waals surface area contributed by atoms with E-state index in [1.807, 2.05) is 47.9 Å². The topological polar surface area (TPSA) is 90.0 Å². The molecule has 0 aliphatic heterocycles. The van der Waals surface area contributed by atoms with Crippen molar-refractivity contribution in [1.29, 1.82) is 0 Å². The molecule has 5 heterocycles. The number of imidazole rings is 1. The number of halogens is 1. The van der Waals surface area contributed by atoms with E-state index in [4.69, 9.17) is 16.6 Å². The molecule has 1 aliphatic rings. The summed E-state index contributed by atoms with van der Waals surface area (Å²) < 4.78 is 3.57. The van der Waals surface area contributed by atoms with E-state index in [1.165, 1.54) is 0 Å². The summed E-state index contributed by atoms with van der Waals surface area (Å²) in [5.41, 5.74) is 4.42. The van der Waals surface area contributed by atoms with Crippen LogP contribution < -0.4 is 5.32 Å². The Kier molecular flexibility index (Phi) is 4.62. The highest BCUT2D eigenvalue weighted by Gasteiger charge is 2.29. The van der Waals surface area contributed by atoms with Gasteiger partial charge in [-0.3, -0.25) is 4.79 Å². The Morgan fingerprint density at radius 1 is 1.18 bits per heavy atom. The maximum absolute atomic E-state index is 13.3. The van der Waals surface area contributed by atoms with Crippen LogP contribution in [0.5, 0.6) is 0 Å². The Morgan fingerprint density at radius 3 is 2.85 bits per heavy atom. The van der Waals surface area contributed by atoms with Crippen LogP contribution in [-0.2, 0) is 6.54 Å². The first-order valence-electron chi connectivity index (χ1n) is 10.8. The van der Waals surface area contributed by atoms with Crippen molar-refractivity contribution in [3.63, 3.8) is 0 Å². The normalized spacial score (nSPS) is 13.6. The predicted molar refractivity (Wildman–Crippen MR) is 125 cm³/mol. The van der Waals surface area contributed by atoms with Crippen molar-refractivity contribution < 1.29 is 4.79 Å². The number of aryl methyl sites for hydroxylation is 1. The Labute approximate surface area is 194 Å². The molecule has 0 aromatic carbocycles. The maximum Gasteiger partial charge on any atom is 0.252 e. The van der Waals surface area contributed by atoms with Gasteiger partial charge in [0.1, 0.15) is 5.65 Å². The zero-order chi connectivity index (χ0) is 22.5. The minimum absolute atomic E-state index is 0.178. The van der Waals surface area contributed by atoms with Gasteiger partial charge in [0.05, 0.1) is 33.9 Å². The average molecular weight is 458 g/mol. The summed E-state index contributed by atoms with van der Waals surface area (Å²) in [6.45, 7) is 2.19. The van der Waals surface area contributed by atoms with E-state index in [0.29, 0.717) is 34.5 Å². The standard InChI is InChI=1S/C24H20ClN7O/c1-14-22-18(24(33)27-11-17-13-31-12-16(25)7-8-21(31)28-17)10-19(15-5-6-15)29-23(22)32(30-14)20-4-2-3-9-26-20/h2-4,7-10,12-13,15H,5-6,11H2,1H3,(H,27,33). The second-order valence-electron chi connectivity index (χ2n) is 8.28. The number of carbonyl (C=O) groups is 1. The molecule has 0 atom stereocenters. The average Bonchev–Trinajstić information content (AvgIpc) is 3.52. The fraction of sp³-hybridized carbons (Fsp3) is 0.208. The lowest BCUT2D eigenvalue weighted by Gasteiger charge is -2.09. The third-order valence-corrected chi connectivity index (χ3v) is 6.06. The fourth-order valence-corrected chi connectivity index (χ4v) is 4.25. The third-order valence-electron chi connectivity index (χ3n) is 5.83. The lowest BCUT2D eigenvalue weighted by molar-refractivity contribution is 0.0952. The van der Waals surface area contributed by atoms with E-state index in [0.717, 1.165) is 41.0 Å². The number of hydrogen-bond acceptors (Lipinski definition) is 5. The van der Waals surface area contributed by atoms with Crippen molar-refractivity contribution in [2.24, 2.45) is 0 Å². The Hall–Kier alpha value is -3.78. The van der Waals surface area contributed by atoms with Gasteiger partial charge in [-0.05, 0) is 50.1 Å². The van der Waals surface area contributed by atoms with Crippen LogP contribution in [0, 0.1) is 6.92 Å². The largest absolute Gasteiger partial charge is 0.346 e. The van der Waals surface area contributed by atoms with Crippen molar-refractivity contribution in [2.45, 2.75) is 32.2 Å². The molecular formula is C24H20ClN7O. The molecule has 0 unspecified atom stereocenters. The third kappa shape index (κ3) is 3.62. The number of pyridine rings is 3. The van der Waals surface area contributed by atoms with Crippen LogP contribution in [0.2, 0.25) is 5.02 Å². The summed E-state index contributed by atoms with van der Waals surface area (Å²) in [6, 6.07) is 11.2.